The first-order chi connectivity index (χ1) is 9.58. The quantitative estimate of drug-likeness (QED) is 0.678. The number of hydrogen-bond donors (Lipinski definition) is 2. The van der Waals surface area contributed by atoms with Crippen molar-refractivity contribution in [3.8, 4) is 17.1 Å². The van der Waals surface area contributed by atoms with E-state index in [1.807, 2.05) is 12.1 Å². The highest BCUT2D eigenvalue weighted by molar-refractivity contribution is 9.10. The summed E-state index contributed by atoms with van der Waals surface area (Å²) in [6.07, 6.45) is 0. The van der Waals surface area contributed by atoms with Crippen LogP contribution in [0.15, 0.2) is 34.8 Å². The van der Waals surface area contributed by atoms with Crippen LogP contribution < -0.4 is 10.5 Å². The summed E-state index contributed by atoms with van der Waals surface area (Å²) in [5.41, 5.74) is 8.90. The number of nitrogens with one attached hydrogen (secondary N) is 1. The van der Waals surface area contributed by atoms with Crippen LogP contribution in [0, 0.1) is 0 Å². The van der Waals surface area contributed by atoms with Crippen molar-refractivity contribution in [3.05, 3.63) is 39.8 Å². The highest BCUT2D eigenvalue weighted by atomic mass is 79.9. The smallest absolute Gasteiger partial charge is 0.140 e. The zero-order valence-corrected chi connectivity index (χ0v) is 12.9. The second-order valence-electron chi connectivity index (χ2n) is 4.33. The third-order valence-electron chi connectivity index (χ3n) is 2.99. The summed E-state index contributed by atoms with van der Waals surface area (Å²) < 4.78 is 6.09. The molecule has 0 radical (unpaired) electrons. The van der Waals surface area contributed by atoms with Crippen LogP contribution in [0.25, 0.3) is 22.4 Å². The van der Waals surface area contributed by atoms with Crippen LogP contribution in [-0.4, -0.2) is 17.1 Å². The summed E-state index contributed by atoms with van der Waals surface area (Å²) in [6.45, 7) is 0. The van der Waals surface area contributed by atoms with Gasteiger partial charge in [0.05, 0.1) is 17.6 Å². The number of anilines is 1. The number of ether oxygens (including phenoxy) is 1. The fourth-order valence-electron chi connectivity index (χ4n) is 2.02. The van der Waals surface area contributed by atoms with Gasteiger partial charge in [0.25, 0.3) is 0 Å². The lowest BCUT2D eigenvalue weighted by Crippen LogP contribution is -1.87. The Bertz CT molecular complexity index is 800. The topological polar surface area (TPSA) is 63.9 Å². The minimum absolute atomic E-state index is 0.598. The molecule has 1 heterocycles. The molecule has 1 aromatic heterocycles. The molecule has 3 aromatic rings. The van der Waals surface area contributed by atoms with Gasteiger partial charge in [0.2, 0.25) is 0 Å². The van der Waals surface area contributed by atoms with Gasteiger partial charge in [0, 0.05) is 21.8 Å². The second-order valence-corrected chi connectivity index (χ2v) is 5.59. The van der Waals surface area contributed by atoms with Crippen molar-refractivity contribution in [2.45, 2.75) is 0 Å². The Hall–Kier alpha value is -1.72. The minimum Gasteiger partial charge on any atom is -0.497 e. The lowest BCUT2D eigenvalue weighted by molar-refractivity contribution is 0.415. The Morgan fingerprint density at radius 1 is 1.30 bits per heavy atom. The van der Waals surface area contributed by atoms with Crippen LogP contribution >= 0.6 is 27.5 Å². The molecule has 0 spiro atoms. The summed E-state index contributed by atoms with van der Waals surface area (Å²) >= 11 is 9.69. The van der Waals surface area contributed by atoms with E-state index in [2.05, 4.69) is 25.9 Å². The standard InChI is InChI=1S/C14H11BrClN3O/c1-20-8-5-10(15)13-12(6-8)18-14(19-13)9-4-7(17)2-3-11(9)16/h2-6H,17H2,1H3,(H,18,19). The van der Waals surface area contributed by atoms with E-state index in [0.29, 0.717) is 16.5 Å². The first kappa shape index (κ1) is 13.3. The van der Waals surface area contributed by atoms with E-state index >= 15 is 0 Å². The van der Waals surface area contributed by atoms with Crippen LogP contribution in [0.4, 0.5) is 5.69 Å². The zero-order chi connectivity index (χ0) is 14.3. The number of rotatable bonds is 2. The molecule has 3 rings (SSSR count). The van der Waals surface area contributed by atoms with E-state index in [-0.39, 0.29) is 0 Å². The predicted octanol–water partition coefficient (Wildman–Crippen LogP) is 4.24. The molecule has 6 heteroatoms. The Morgan fingerprint density at radius 3 is 2.85 bits per heavy atom. The van der Waals surface area contributed by atoms with Gasteiger partial charge in [0.1, 0.15) is 17.1 Å². The van der Waals surface area contributed by atoms with Gasteiger partial charge >= 0.3 is 0 Å². The molecule has 0 saturated heterocycles. The fourth-order valence-corrected chi connectivity index (χ4v) is 2.76. The summed E-state index contributed by atoms with van der Waals surface area (Å²) in [7, 11) is 1.62. The monoisotopic (exact) mass is 351 g/mol. The lowest BCUT2D eigenvalue weighted by Gasteiger charge is -2.01. The first-order valence-electron chi connectivity index (χ1n) is 5.87. The molecule has 20 heavy (non-hydrogen) atoms. The third kappa shape index (κ3) is 2.23. The predicted molar refractivity (Wildman–Crippen MR) is 85.2 cm³/mol. The number of H-pyrrole nitrogens is 1. The summed E-state index contributed by atoms with van der Waals surface area (Å²) in [5.74, 6) is 1.42. The van der Waals surface area contributed by atoms with E-state index in [9.17, 15) is 0 Å². The van der Waals surface area contributed by atoms with Crippen LogP contribution in [-0.2, 0) is 0 Å². The number of imidazole rings is 1. The van der Waals surface area contributed by atoms with Gasteiger partial charge in [-0.1, -0.05) is 11.6 Å². The van der Waals surface area contributed by atoms with Crippen LogP contribution in [0.3, 0.4) is 0 Å². The maximum Gasteiger partial charge on any atom is 0.140 e. The number of aromatic amines is 1. The molecule has 0 bridgehead atoms. The Morgan fingerprint density at radius 2 is 2.10 bits per heavy atom. The Balaban J connectivity index is 2.22. The summed E-state index contributed by atoms with van der Waals surface area (Å²) in [5, 5.41) is 0.598. The van der Waals surface area contributed by atoms with E-state index < -0.39 is 0 Å². The highest BCUT2D eigenvalue weighted by Gasteiger charge is 2.12. The Kier molecular flexibility index (Phi) is 3.31. The van der Waals surface area contributed by atoms with Crippen LogP contribution in [0.2, 0.25) is 5.02 Å². The fraction of sp³-hybridized carbons (Fsp3) is 0.0714. The third-order valence-corrected chi connectivity index (χ3v) is 3.93. The van der Waals surface area contributed by atoms with Gasteiger partial charge in [-0.2, -0.15) is 0 Å². The van der Waals surface area contributed by atoms with Crippen molar-refractivity contribution < 1.29 is 4.74 Å². The molecule has 0 atom stereocenters. The molecule has 0 unspecified atom stereocenters. The van der Waals surface area contributed by atoms with Gasteiger partial charge in [-0.05, 0) is 40.2 Å². The number of nitrogens with two attached hydrogens (primary N) is 1. The molecule has 4 nitrogen and oxygen atoms in total. The van der Waals surface area contributed by atoms with Gasteiger partial charge in [0.15, 0.2) is 0 Å². The molecule has 0 saturated carbocycles. The maximum absolute atomic E-state index is 6.20. The van der Waals surface area contributed by atoms with E-state index in [0.717, 1.165) is 26.8 Å². The SMILES string of the molecule is COc1cc(Br)c2nc(-c3cc(N)ccc3Cl)[nH]c2c1. The molecule has 3 N–H and O–H groups in total. The number of nitrogen functional groups attached to an aromatic ring is 1. The Labute approximate surface area is 129 Å². The average molecular weight is 353 g/mol. The number of benzene rings is 2. The summed E-state index contributed by atoms with van der Waals surface area (Å²) in [4.78, 5) is 7.80. The van der Waals surface area contributed by atoms with Gasteiger partial charge in [-0.25, -0.2) is 4.98 Å². The molecular formula is C14H11BrClN3O. The molecule has 2 aromatic carbocycles. The van der Waals surface area contributed by atoms with Gasteiger partial charge < -0.3 is 15.5 Å². The second kappa shape index (κ2) is 5.00. The number of halogens is 2. The van der Waals surface area contributed by atoms with Crippen molar-refractivity contribution in [2.75, 3.05) is 12.8 Å². The number of hydrogen-bond acceptors (Lipinski definition) is 3. The maximum atomic E-state index is 6.20. The average Bonchev–Trinajstić information content (AvgIpc) is 2.85. The molecule has 0 aliphatic rings. The molecular weight excluding hydrogens is 342 g/mol. The minimum atomic E-state index is 0.598. The molecule has 0 amide bonds. The van der Waals surface area contributed by atoms with E-state index in [1.165, 1.54) is 0 Å². The number of fused-ring (bicyclic) bond motifs is 1. The number of aromatic nitrogens is 2. The van der Waals surface area contributed by atoms with Crippen molar-refractivity contribution in [2.24, 2.45) is 0 Å². The normalized spacial score (nSPS) is 10.9. The van der Waals surface area contributed by atoms with Gasteiger partial charge in [-0.15, -0.1) is 0 Å². The van der Waals surface area contributed by atoms with Crippen molar-refractivity contribution in [1.82, 2.24) is 9.97 Å². The first-order valence-corrected chi connectivity index (χ1v) is 7.04. The van der Waals surface area contributed by atoms with Crippen molar-refractivity contribution in [1.29, 1.82) is 0 Å². The molecule has 102 valence electrons. The number of nitrogens with zero attached hydrogens (tertiary/aromatic N) is 1. The van der Waals surface area contributed by atoms with Crippen molar-refractivity contribution >= 4 is 44.3 Å². The van der Waals surface area contributed by atoms with Crippen molar-refractivity contribution in [3.63, 3.8) is 0 Å². The molecule has 0 fully saturated rings. The number of methoxy groups -OCH3 is 1. The largest absolute Gasteiger partial charge is 0.497 e. The van der Waals surface area contributed by atoms with Crippen LogP contribution in [0.1, 0.15) is 0 Å². The van der Waals surface area contributed by atoms with E-state index in [1.54, 1.807) is 25.3 Å². The highest BCUT2D eigenvalue weighted by Crippen LogP contribution is 2.33. The molecule has 0 aliphatic heterocycles. The summed E-state index contributed by atoms with van der Waals surface area (Å²) in [6, 6.07) is 9.07. The molecule has 0 aliphatic carbocycles. The van der Waals surface area contributed by atoms with Gasteiger partial charge in [-0.3, -0.25) is 0 Å². The van der Waals surface area contributed by atoms with E-state index in [4.69, 9.17) is 22.1 Å². The zero-order valence-electron chi connectivity index (χ0n) is 10.6. The van der Waals surface area contributed by atoms with Crippen LogP contribution in [0.5, 0.6) is 5.75 Å². The lowest BCUT2D eigenvalue weighted by atomic mass is 10.2.